The molecule has 0 aliphatic carbocycles. The summed E-state index contributed by atoms with van der Waals surface area (Å²) in [7, 11) is 3.62. The highest BCUT2D eigenvalue weighted by Gasteiger charge is 2.09. The Balaban J connectivity index is 2.45. The van der Waals surface area contributed by atoms with Gasteiger partial charge in [0.2, 0.25) is 0 Å². The van der Waals surface area contributed by atoms with Gasteiger partial charge in [-0.1, -0.05) is 12.1 Å². The van der Waals surface area contributed by atoms with Gasteiger partial charge in [0.1, 0.15) is 11.4 Å². The van der Waals surface area contributed by atoms with E-state index in [0.29, 0.717) is 0 Å². The van der Waals surface area contributed by atoms with Crippen LogP contribution in [0, 0.1) is 6.92 Å². The fourth-order valence-electron chi connectivity index (χ4n) is 2.02. The van der Waals surface area contributed by atoms with E-state index in [1.807, 2.05) is 49.7 Å². The van der Waals surface area contributed by atoms with E-state index in [2.05, 4.69) is 9.98 Å². The first-order valence-electron chi connectivity index (χ1n) is 5.80. The average Bonchev–Trinajstić information content (AvgIpc) is 2.69. The van der Waals surface area contributed by atoms with Gasteiger partial charge in [-0.15, -0.1) is 0 Å². The van der Waals surface area contributed by atoms with E-state index < -0.39 is 0 Å². The average molecular weight is 243 g/mol. The first-order chi connectivity index (χ1) is 8.63. The van der Waals surface area contributed by atoms with Crippen LogP contribution in [-0.4, -0.2) is 22.4 Å². The van der Waals surface area contributed by atoms with Crippen LogP contribution in [0.25, 0.3) is 0 Å². The number of ether oxygens (including phenoxy) is 1. The molecular formula is C14H17N3O. The summed E-state index contributed by atoms with van der Waals surface area (Å²) in [6.07, 6.45) is 1.80. The minimum atomic E-state index is 0.775. The van der Waals surface area contributed by atoms with Gasteiger partial charge in [0.15, 0.2) is 0 Å². The van der Waals surface area contributed by atoms with Crippen LogP contribution >= 0.6 is 0 Å². The smallest absolute Gasteiger partial charge is 0.144 e. The zero-order valence-corrected chi connectivity index (χ0v) is 11.1. The molecule has 2 rings (SSSR count). The number of para-hydroxylation sites is 2. The summed E-state index contributed by atoms with van der Waals surface area (Å²) in [5, 5.41) is 0. The van der Waals surface area contributed by atoms with Crippen molar-refractivity contribution in [2.45, 2.75) is 13.8 Å². The van der Waals surface area contributed by atoms with Crippen LogP contribution in [0.15, 0.2) is 35.6 Å². The number of hydrogen-bond acceptors (Lipinski definition) is 3. The predicted octanol–water partition coefficient (Wildman–Crippen LogP) is 2.88. The lowest BCUT2D eigenvalue weighted by molar-refractivity contribution is 0.416. The van der Waals surface area contributed by atoms with Crippen molar-refractivity contribution in [2.24, 2.45) is 12.0 Å². The van der Waals surface area contributed by atoms with E-state index in [0.717, 1.165) is 28.5 Å². The number of imidazole rings is 1. The number of rotatable bonds is 3. The molecule has 4 heteroatoms. The minimum Gasteiger partial charge on any atom is -0.494 e. The topological polar surface area (TPSA) is 39.4 Å². The summed E-state index contributed by atoms with van der Waals surface area (Å²) in [4.78, 5) is 8.90. The Morgan fingerprint density at radius 3 is 2.67 bits per heavy atom. The molecule has 0 aliphatic heterocycles. The molecule has 4 nitrogen and oxygen atoms in total. The Bertz CT molecular complexity index is 565. The lowest BCUT2D eigenvalue weighted by Crippen LogP contribution is -2.04. The molecule has 2 aromatic rings. The number of aromatic nitrogens is 2. The molecule has 0 amide bonds. The first-order valence-corrected chi connectivity index (χ1v) is 5.80. The van der Waals surface area contributed by atoms with E-state index >= 15 is 0 Å². The summed E-state index contributed by atoms with van der Waals surface area (Å²) in [5.41, 5.74) is 3.78. The Kier molecular flexibility index (Phi) is 3.46. The van der Waals surface area contributed by atoms with Crippen LogP contribution < -0.4 is 4.74 Å². The quantitative estimate of drug-likeness (QED) is 0.777. The van der Waals surface area contributed by atoms with Crippen LogP contribution in [0.4, 0.5) is 5.69 Å². The molecule has 0 saturated carbocycles. The van der Waals surface area contributed by atoms with Crippen molar-refractivity contribution in [3.63, 3.8) is 0 Å². The van der Waals surface area contributed by atoms with Crippen molar-refractivity contribution in [1.82, 2.24) is 9.55 Å². The normalized spacial score (nSPS) is 11.7. The molecule has 94 valence electrons. The molecule has 0 radical (unpaired) electrons. The van der Waals surface area contributed by atoms with E-state index in [4.69, 9.17) is 4.74 Å². The molecule has 1 aromatic heterocycles. The van der Waals surface area contributed by atoms with Gasteiger partial charge < -0.3 is 9.30 Å². The number of methoxy groups -OCH3 is 1. The van der Waals surface area contributed by atoms with Crippen LogP contribution in [0.1, 0.15) is 18.3 Å². The molecule has 0 fully saturated rings. The van der Waals surface area contributed by atoms with Crippen molar-refractivity contribution in [2.75, 3.05) is 7.11 Å². The SMILES string of the molecule is COc1ccccc1N=C(C)c1c(C)ncn1C. The maximum atomic E-state index is 5.29. The van der Waals surface area contributed by atoms with Crippen LogP contribution in [-0.2, 0) is 7.05 Å². The Morgan fingerprint density at radius 1 is 1.33 bits per heavy atom. The Labute approximate surface area is 107 Å². The summed E-state index contributed by atoms with van der Waals surface area (Å²) in [6, 6.07) is 7.73. The summed E-state index contributed by atoms with van der Waals surface area (Å²) >= 11 is 0. The highest BCUT2D eigenvalue weighted by atomic mass is 16.5. The van der Waals surface area contributed by atoms with E-state index in [9.17, 15) is 0 Å². The lowest BCUT2D eigenvalue weighted by atomic mass is 10.2. The third-order valence-electron chi connectivity index (χ3n) is 2.84. The van der Waals surface area contributed by atoms with Gasteiger partial charge in [-0.3, -0.25) is 0 Å². The molecule has 0 spiro atoms. The molecule has 18 heavy (non-hydrogen) atoms. The number of benzene rings is 1. The predicted molar refractivity (Wildman–Crippen MR) is 72.8 cm³/mol. The second-order valence-electron chi connectivity index (χ2n) is 4.16. The molecule has 0 unspecified atom stereocenters. The number of aryl methyl sites for hydroxylation is 2. The van der Waals surface area contributed by atoms with Gasteiger partial charge in [0.05, 0.1) is 30.5 Å². The molecular weight excluding hydrogens is 226 g/mol. The van der Waals surface area contributed by atoms with Gasteiger partial charge in [-0.2, -0.15) is 0 Å². The molecule has 0 saturated heterocycles. The number of aliphatic imine (C=N–C) groups is 1. The zero-order valence-electron chi connectivity index (χ0n) is 11.1. The number of hydrogen-bond donors (Lipinski definition) is 0. The zero-order chi connectivity index (χ0) is 13.1. The minimum absolute atomic E-state index is 0.775. The van der Waals surface area contributed by atoms with Crippen LogP contribution in [0.3, 0.4) is 0 Å². The maximum absolute atomic E-state index is 5.29. The van der Waals surface area contributed by atoms with Crippen molar-refractivity contribution in [3.8, 4) is 5.75 Å². The molecule has 0 atom stereocenters. The maximum Gasteiger partial charge on any atom is 0.144 e. The van der Waals surface area contributed by atoms with Gasteiger partial charge >= 0.3 is 0 Å². The van der Waals surface area contributed by atoms with Gasteiger partial charge in [0, 0.05) is 7.05 Å². The summed E-state index contributed by atoms with van der Waals surface area (Å²) in [6.45, 7) is 3.97. The highest BCUT2D eigenvalue weighted by Crippen LogP contribution is 2.27. The molecule has 1 aromatic carbocycles. The van der Waals surface area contributed by atoms with E-state index in [1.165, 1.54) is 0 Å². The molecule has 0 aliphatic rings. The Morgan fingerprint density at radius 2 is 2.06 bits per heavy atom. The standard InChI is InChI=1S/C14H17N3O/c1-10-14(17(3)9-15-10)11(2)16-12-7-5-6-8-13(12)18-4/h5-9H,1-4H3. The monoisotopic (exact) mass is 243 g/mol. The van der Waals surface area contributed by atoms with E-state index in [-0.39, 0.29) is 0 Å². The van der Waals surface area contributed by atoms with Gasteiger partial charge in [0.25, 0.3) is 0 Å². The lowest BCUT2D eigenvalue weighted by Gasteiger charge is -2.06. The summed E-state index contributed by atoms with van der Waals surface area (Å²) in [5.74, 6) is 0.775. The Hall–Kier alpha value is -2.10. The molecule has 1 heterocycles. The van der Waals surface area contributed by atoms with Gasteiger partial charge in [-0.25, -0.2) is 9.98 Å². The third kappa shape index (κ3) is 2.27. The van der Waals surface area contributed by atoms with Crippen LogP contribution in [0.5, 0.6) is 5.75 Å². The molecule has 0 bridgehead atoms. The van der Waals surface area contributed by atoms with Crippen LogP contribution in [0.2, 0.25) is 0 Å². The van der Waals surface area contributed by atoms with Crippen molar-refractivity contribution in [1.29, 1.82) is 0 Å². The van der Waals surface area contributed by atoms with Gasteiger partial charge in [-0.05, 0) is 26.0 Å². The second kappa shape index (κ2) is 5.04. The third-order valence-corrected chi connectivity index (χ3v) is 2.84. The number of nitrogens with zero attached hydrogens (tertiary/aromatic N) is 3. The largest absolute Gasteiger partial charge is 0.494 e. The second-order valence-corrected chi connectivity index (χ2v) is 4.16. The fourth-order valence-corrected chi connectivity index (χ4v) is 2.02. The van der Waals surface area contributed by atoms with Crippen molar-refractivity contribution in [3.05, 3.63) is 42.0 Å². The summed E-state index contributed by atoms with van der Waals surface area (Å²) < 4.78 is 7.27. The van der Waals surface area contributed by atoms with Crippen molar-refractivity contribution >= 4 is 11.4 Å². The van der Waals surface area contributed by atoms with Crippen molar-refractivity contribution < 1.29 is 4.74 Å². The highest BCUT2D eigenvalue weighted by molar-refractivity contribution is 6.00. The molecule has 0 N–H and O–H groups in total. The van der Waals surface area contributed by atoms with E-state index in [1.54, 1.807) is 13.4 Å². The first kappa shape index (κ1) is 12.4. The fraction of sp³-hybridized carbons (Fsp3) is 0.286.